The molecule has 0 saturated carbocycles. The molecule has 0 spiro atoms. The van der Waals surface area contributed by atoms with Crippen LogP contribution in [0.15, 0.2) is 91.0 Å². The van der Waals surface area contributed by atoms with Gasteiger partial charge >= 0.3 is 0 Å². The zero-order chi connectivity index (χ0) is 34.2. The zero-order valence-corrected chi connectivity index (χ0v) is 31.4. The summed E-state index contributed by atoms with van der Waals surface area (Å²) in [4.78, 5) is 2.46. The molecule has 5 heteroatoms. The Hall–Kier alpha value is -4.22. The van der Waals surface area contributed by atoms with Gasteiger partial charge in [0.15, 0.2) is 0 Å². The summed E-state index contributed by atoms with van der Waals surface area (Å²) >= 11 is 0. The highest BCUT2D eigenvalue weighted by molar-refractivity contribution is 7.02. The Morgan fingerprint density at radius 3 is 1.92 bits per heavy atom. The summed E-state index contributed by atoms with van der Waals surface area (Å²) in [7, 11) is -1.88. The Balaban J connectivity index is 1.28. The van der Waals surface area contributed by atoms with E-state index in [0.29, 0.717) is 0 Å². The third-order valence-electron chi connectivity index (χ3n) is 12.2. The largest absolute Gasteiger partial charge is 0.458 e. The van der Waals surface area contributed by atoms with Crippen molar-refractivity contribution in [1.29, 1.82) is 0 Å². The predicted octanol–water partition coefficient (Wildman–Crippen LogP) is 8.67. The number of nitrogens with zero attached hydrogens (tertiary/aromatic N) is 1. The number of benzene rings is 5. The van der Waals surface area contributed by atoms with Crippen molar-refractivity contribution in [3.05, 3.63) is 108 Å². The van der Waals surface area contributed by atoms with Crippen LogP contribution in [0.1, 0.15) is 78.0 Å². The fourth-order valence-corrected chi connectivity index (χ4v) is 12.2. The second kappa shape index (κ2) is 9.94. The number of rotatable bonds is 1. The summed E-state index contributed by atoms with van der Waals surface area (Å²) in [5.41, 5.74) is 11.4. The summed E-state index contributed by atoms with van der Waals surface area (Å²) in [6.07, 6.45) is 2.31. The maximum atomic E-state index is 7.13. The molecule has 3 heterocycles. The fraction of sp³-hybridized carbons (Fsp3) is 0.318. The molecule has 0 radical (unpaired) electrons. The van der Waals surface area contributed by atoms with Crippen LogP contribution in [-0.4, -0.2) is 14.8 Å². The average Bonchev–Trinajstić information content (AvgIpc) is 3.06. The lowest BCUT2D eigenvalue weighted by atomic mass is 9.34. The predicted molar refractivity (Wildman–Crippen MR) is 210 cm³/mol. The molecule has 0 N–H and O–H groups in total. The van der Waals surface area contributed by atoms with Crippen LogP contribution in [0, 0.1) is 0 Å². The molecule has 0 amide bonds. The number of ether oxygens (including phenoxy) is 2. The van der Waals surface area contributed by atoms with E-state index < -0.39 is 8.07 Å². The number of anilines is 3. The van der Waals surface area contributed by atoms with Crippen LogP contribution in [0.4, 0.5) is 17.1 Å². The van der Waals surface area contributed by atoms with Gasteiger partial charge in [-0.3, -0.25) is 0 Å². The first kappa shape index (κ1) is 30.8. The number of hydrogen-bond donors (Lipinski definition) is 0. The van der Waals surface area contributed by atoms with Crippen molar-refractivity contribution in [1.82, 2.24) is 0 Å². The Morgan fingerprint density at radius 2 is 1.27 bits per heavy atom. The summed E-state index contributed by atoms with van der Waals surface area (Å²) in [6.45, 7) is 21.4. The topological polar surface area (TPSA) is 21.7 Å². The van der Waals surface area contributed by atoms with Gasteiger partial charge in [0, 0.05) is 34.2 Å². The standard InChI is InChI=1S/C44H46BNO2Si/c1-42(2,3)27-24-35-40-36(25-27)48-41-31(21-19-29-39(41)44(6,7)23-22-43(29,4)5)45(40)30-20-18-28(26-34(30)47-35)46-32-14-10-12-16-37(32)49(8,9)38-17-13-11-15-33(38)46/h10-21,24-26H,22-23H2,1-9H3. The first-order chi connectivity index (χ1) is 23.2. The molecular formula is C44H46BNO2Si. The molecule has 9 rings (SSSR count). The lowest BCUT2D eigenvalue weighted by Gasteiger charge is -2.45. The van der Waals surface area contributed by atoms with Gasteiger partial charge in [0.05, 0.1) is 0 Å². The third kappa shape index (κ3) is 4.34. The molecule has 0 atom stereocenters. The lowest BCUT2D eigenvalue weighted by Crippen LogP contribution is -2.59. The van der Waals surface area contributed by atoms with E-state index in [9.17, 15) is 0 Å². The smallest absolute Gasteiger partial charge is 0.260 e. The molecule has 49 heavy (non-hydrogen) atoms. The van der Waals surface area contributed by atoms with E-state index in [0.717, 1.165) is 40.6 Å². The third-order valence-corrected chi connectivity index (χ3v) is 15.7. The van der Waals surface area contributed by atoms with Crippen LogP contribution >= 0.6 is 0 Å². The Kier molecular flexibility index (Phi) is 6.25. The maximum absolute atomic E-state index is 7.13. The van der Waals surface area contributed by atoms with Crippen molar-refractivity contribution in [3.8, 4) is 23.0 Å². The van der Waals surface area contributed by atoms with Crippen molar-refractivity contribution in [2.24, 2.45) is 0 Å². The van der Waals surface area contributed by atoms with E-state index in [-0.39, 0.29) is 23.0 Å². The van der Waals surface area contributed by atoms with Crippen molar-refractivity contribution >= 4 is 58.6 Å². The van der Waals surface area contributed by atoms with Crippen LogP contribution in [0.3, 0.4) is 0 Å². The maximum Gasteiger partial charge on any atom is 0.260 e. The van der Waals surface area contributed by atoms with Gasteiger partial charge in [-0.2, -0.15) is 0 Å². The highest BCUT2D eigenvalue weighted by Crippen LogP contribution is 2.51. The zero-order valence-electron chi connectivity index (χ0n) is 30.4. The van der Waals surface area contributed by atoms with E-state index in [1.165, 1.54) is 55.8 Å². The van der Waals surface area contributed by atoms with Gasteiger partial charge in [-0.05, 0) is 91.8 Å². The highest BCUT2D eigenvalue weighted by Gasteiger charge is 2.47. The van der Waals surface area contributed by atoms with E-state index in [4.69, 9.17) is 9.47 Å². The van der Waals surface area contributed by atoms with Crippen molar-refractivity contribution in [2.75, 3.05) is 4.90 Å². The summed E-state index contributed by atoms with van der Waals surface area (Å²) in [6, 6.07) is 34.2. The molecule has 3 nitrogen and oxygen atoms in total. The quantitative estimate of drug-likeness (QED) is 0.165. The molecular weight excluding hydrogens is 613 g/mol. The minimum absolute atomic E-state index is 0.0160. The van der Waals surface area contributed by atoms with Crippen LogP contribution in [0.5, 0.6) is 23.0 Å². The molecule has 0 aromatic heterocycles. The van der Waals surface area contributed by atoms with Crippen LogP contribution in [0.25, 0.3) is 0 Å². The van der Waals surface area contributed by atoms with Gasteiger partial charge in [-0.1, -0.05) is 116 Å². The molecule has 5 aromatic carbocycles. The van der Waals surface area contributed by atoms with Crippen molar-refractivity contribution < 1.29 is 9.47 Å². The number of fused-ring (bicyclic) bond motifs is 8. The minimum Gasteiger partial charge on any atom is -0.458 e. The normalized spacial score (nSPS) is 18.5. The lowest BCUT2D eigenvalue weighted by molar-refractivity contribution is 0.320. The fourth-order valence-electron chi connectivity index (χ4n) is 9.19. The molecule has 0 unspecified atom stereocenters. The Labute approximate surface area is 293 Å². The van der Waals surface area contributed by atoms with E-state index in [1.807, 2.05) is 0 Å². The summed E-state index contributed by atoms with van der Waals surface area (Å²) in [5, 5.41) is 2.93. The highest BCUT2D eigenvalue weighted by atomic mass is 28.3. The van der Waals surface area contributed by atoms with Gasteiger partial charge < -0.3 is 14.4 Å². The van der Waals surface area contributed by atoms with Gasteiger partial charge in [0.1, 0.15) is 31.1 Å². The molecule has 5 aromatic rings. The number of hydrogen-bond acceptors (Lipinski definition) is 3. The number of para-hydroxylation sites is 2. The first-order valence-corrected chi connectivity index (χ1v) is 21.0. The van der Waals surface area contributed by atoms with E-state index >= 15 is 0 Å². The average molecular weight is 660 g/mol. The van der Waals surface area contributed by atoms with Crippen molar-refractivity contribution in [3.63, 3.8) is 0 Å². The molecule has 0 saturated heterocycles. The van der Waals surface area contributed by atoms with Crippen molar-refractivity contribution in [2.45, 2.75) is 90.6 Å². The molecule has 0 fully saturated rings. The monoisotopic (exact) mass is 659 g/mol. The Morgan fingerprint density at radius 1 is 0.673 bits per heavy atom. The van der Waals surface area contributed by atoms with Crippen LogP contribution < -0.4 is 41.1 Å². The first-order valence-electron chi connectivity index (χ1n) is 18.0. The molecule has 246 valence electrons. The second-order valence-corrected chi connectivity index (χ2v) is 22.0. The van der Waals surface area contributed by atoms with E-state index in [1.54, 1.807) is 0 Å². The minimum atomic E-state index is -1.88. The molecule has 0 bridgehead atoms. The molecule has 4 aliphatic rings. The van der Waals surface area contributed by atoms with Crippen LogP contribution in [0.2, 0.25) is 13.1 Å². The Bertz CT molecular complexity index is 2180. The molecule has 3 aliphatic heterocycles. The van der Waals surface area contributed by atoms with Gasteiger partial charge in [0.2, 0.25) is 0 Å². The van der Waals surface area contributed by atoms with Gasteiger partial charge in [-0.25, -0.2) is 0 Å². The molecule has 1 aliphatic carbocycles. The summed E-state index contributed by atoms with van der Waals surface area (Å²) in [5.74, 6) is 3.84. The van der Waals surface area contributed by atoms with E-state index in [2.05, 4.69) is 157 Å². The second-order valence-electron chi connectivity index (χ2n) is 17.7. The van der Waals surface area contributed by atoms with Gasteiger partial charge in [0.25, 0.3) is 6.71 Å². The summed E-state index contributed by atoms with van der Waals surface area (Å²) < 4.78 is 14.1. The van der Waals surface area contributed by atoms with Gasteiger partial charge in [-0.15, -0.1) is 0 Å². The van der Waals surface area contributed by atoms with Crippen LogP contribution in [-0.2, 0) is 16.2 Å². The SMILES string of the molecule is CC(C)(C)c1cc2c3c(c1)Oc1c(ccc4c1C(C)(C)CCC4(C)C)B3c1ccc(N3c4ccccc4[Si](C)(C)c4ccccc43)cc1O2.